The van der Waals surface area contributed by atoms with E-state index in [1.54, 1.807) is 24.3 Å². The summed E-state index contributed by atoms with van der Waals surface area (Å²) in [4.78, 5) is 0. The van der Waals surface area contributed by atoms with Crippen LogP contribution < -0.4 is 5.32 Å². The number of fused-ring (bicyclic) bond motifs is 3. The predicted molar refractivity (Wildman–Crippen MR) is 94.3 cm³/mol. The SMILES string of the molecule is FC(F)(F)c1ccccc1[C@H]1Nc2cc(Cl)cc(Cl)c2[C@H]2C=CC[C@@H]21. The number of nitrogens with one attached hydrogen (secondary N) is 1. The van der Waals surface area contributed by atoms with Gasteiger partial charge in [-0.3, -0.25) is 0 Å². The van der Waals surface area contributed by atoms with Crippen LogP contribution in [0.25, 0.3) is 0 Å². The third-order valence-electron chi connectivity index (χ3n) is 4.98. The minimum absolute atomic E-state index is 0.0188. The molecular weight excluding hydrogens is 370 g/mol. The summed E-state index contributed by atoms with van der Waals surface area (Å²) in [5, 5.41) is 4.27. The lowest BCUT2D eigenvalue weighted by Gasteiger charge is -2.39. The Morgan fingerprint density at radius 2 is 1.84 bits per heavy atom. The molecule has 0 amide bonds. The van der Waals surface area contributed by atoms with Crippen molar-refractivity contribution in [2.24, 2.45) is 5.92 Å². The fourth-order valence-electron chi connectivity index (χ4n) is 3.98. The maximum Gasteiger partial charge on any atom is 0.416 e. The Kier molecular flexibility index (Phi) is 4.00. The van der Waals surface area contributed by atoms with Gasteiger partial charge in [0.15, 0.2) is 0 Å². The van der Waals surface area contributed by atoms with Crippen molar-refractivity contribution in [2.45, 2.75) is 24.6 Å². The number of rotatable bonds is 1. The molecule has 25 heavy (non-hydrogen) atoms. The van der Waals surface area contributed by atoms with Gasteiger partial charge in [-0.1, -0.05) is 53.6 Å². The third kappa shape index (κ3) is 2.81. The number of benzene rings is 2. The van der Waals surface area contributed by atoms with E-state index in [9.17, 15) is 13.2 Å². The monoisotopic (exact) mass is 383 g/mol. The molecule has 1 aliphatic heterocycles. The highest BCUT2D eigenvalue weighted by Gasteiger charge is 2.43. The summed E-state index contributed by atoms with van der Waals surface area (Å²) in [7, 11) is 0. The van der Waals surface area contributed by atoms with Crippen molar-refractivity contribution in [3.05, 3.63) is 75.3 Å². The molecule has 0 saturated heterocycles. The van der Waals surface area contributed by atoms with E-state index in [1.807, 2.05) is 12.2 Å². The molecule has 130 valence electrons. The van der Waals surface area contributed by atoms with E-state index >= 15 is 0 Å². The van der Waals surface area contributed by atoms with Crippen LogP contribution in [0.2, 0.25) is 10.0 Å². The van der Waals surface area contributed by atoms with Crippen LogP contribution in [0.1, 0.15) is 35.1 Å². The molecule has 4 rings (SSSR count). The summed E-state index contributed by atoms with van der Waals surface area (Å²) >= 11 is 12.5. The highest BCUT2D eigenvalue weighted by molar-refractivity contribution is 6.35. The summed E-state index contributed by atoms with van der Waals surface area (Å²) < 4.78 is 40.5. The van der Waals surface area contributed by atoms with Gasteiger partial charge < -0.3 is 5.32 Å². The molecule has 0 radical (unpaired) electrons. The Morgan fingerprint density at radius 3 is 2.60 bits per heavy atom. The lowest BCUT2D eigenvalue weighted by Crippen LogP contribution is -2.31. The maximum absolute atomic E-state index is 13.5. The molecule has 0 fully saturated rings. The molecule has 3 atom stereocenters. The first-order valence-corrected chi connectivity index (χ1v) is 8.70. The number of halogens is 5. The lowest BCUT2D eigenvalue weighted by atomic mass is 9.76. The second-order valence-electron chi connectivity index (χ2n) is 6.41. The van der Waals surface area contributed by atoms with E-state index in [1.165, 1.54) is 6.07 Å². The number of allylic oxidation sites excluding steroid dienone is 2. The van der Waals surface area contributed by atoms with Gasteiger partial charge in [-0.15, -0.1) is 0 Å². The van der Waals surface area contributed by atoms with E-state index in [0.29, 0.717) is 22.2 Å². The van der Waals surface area contributed by atoms with Crippen molar-refractivity contribution in [3.8, 4) is 0 Å². The average Bonchev–Trinajstić information content (AvgIpc) is 3.02. The minimum Gasteiger partial charge on any atom is -0.378 e. The summed E-state index contributed by atoms with van der Waals surface area (Å²) in [5.41, 5.74) is 1.27. The average molecular weight is 384 g/mol. The van der Waals surface area contributed by atoms with E-state index in [0.717, 1.165) is 11.6 Å². The Bertz CT molecular complexity index is 860. The standard InChI is InChI=1S/C19H14Cl2F3N/c20-10-8-15(21)17-11-5-3-6-12(11)18(25-16(17)9-10)13-4-1-2-7-14(13)19(22,23)24/h1-5,7-9,11-12,18,25H,6H2/t11-,12-,18-/m0/s1. The van der Waals surface area contributed by atoms with Crippen LogP contribution in [0.3, 0.4) is 0 Å². The summed E-state index contributed by atoms with van der Waals surface area (Å²) in [6.07, 6.45) is 0.354. The van der Waals surface area contributed by atoms with Gasteiger partial charge >= 0.3 is 6.18 Å². The molecule has 0 aromatic heterocycles. The molecule has 0 spiro atoms. The summed E-state index contributed by atoms with van der Waals surface area (Å²) in [6.45, 7) is 0. The zero-order valence-corrected chi connectivity index (χ0v) is 14.5. The van der Waals surface area contributed by atoms with E-state index in [2.05, 4.69) is 5.32 Å². The molecule has 1 heterocycles. The fraction of sp³-hybridized carbons (Fsp3) is 0.263. The van der Waals surface area contributed by atoms with Crippen LogP contribution in [0, 0.1) is 5.92 Å². The summed E-state index contributed by atoms with van der Waals surface area (Å²) in [6, 6.07) is 8.69. The smallest absolute Gasteiger partial charge is 0.378 e. The molecule has 2 aliphatic rings. The second kappa shape index (κ2) is 5.96. The molecule has 1 nitrogen and oxygen atoms in total. The highest BCUT2D eigenvalue weighted by atomic mass is 35.5. The Morgan fingerprint density at radius 1 is 1.08 bits per heavy atom. The number of hydrogen-bond acceptors (Lipinski definition) is 1. The van der Waals surface area contributed by atoms with Crippen LogP contribution in [-0.4, -0.2) is 0 Å². The van der Waals surface area contributed by atoms with Crippen LogP contribution >= 0.6 is 23.2 Å². The number of hydrogen-bond donors (Lipinski definition) is 1. The normalized spacial score (nSPS) is 24.6. The number of alkyl halides is 3. The molecule has 1 aliphatic carbocycles. The highest BCUT2D eigenvalue weighted by Crippen LogP contribution is 2.53. The second-order valence-corrected chi connectivity index (χ2v) is 7.25. The van der Waals surface area contributed by atoms with Crippen molar-refractivity contribution >= 4 is 28.9 Å². The van der Waals surface area contributed by atoms with Crippen molar-refractivity contribution in [1.29, 1.82) is 0 Å². The van der Waals surface area contributed by atoms with Crippen LogP contribution in [0.15, 0.2) is 48.6 Å². The van der Waals surface area contributed by atoms with Gasteiger partial charge in [0.05, 0.1) is 11.6 Å². The first-order chi connectivity index (χ1) is 11.9. The van der Waals surface area contributed by atoms with Crippen molar-refractivity contribution in [1.82, 2.24) is 0 Å². The number of anilines is 1. The van der Waals surface area contributed by atoms with Crippen LogP contribution in [0.4, 0.5) is 18.9 Å². The molecule has 0 unspecified atom stereocenters. The quantitative estimate of drug-likeness (QED) is 0.531. The maximum atomic E-state index is 13.5. The van der Waals surface area contributed by atoms with Crippen molar-refractivity contribution in [2.75, 3.05) is 5.32 Å². The Balaban J connectivity index is 1.86. The molecular formula is C19H14Cl2F3N. The first-order valence-electron chi connectivity index (χ1n) is 7.94. The molecule has 0 bridgehead atoms. The van der Waals surface area contributed by atoms with Gasteiger partial charge in [0, 0.05) is 27.2 Å². The van der Waals surface area contributed by atoms with Gasteiger partial charge in [-0.05, 0) is 36.1 Å². The van der Waals surface area contributed by atoms with Gasteiger partial charge in [-0.2, -0.15) is 13.2 Å². The Labute approximate surface area is 153 Å². The summed E-state index contributed by atoms with van der Waals surface area (Å²) in [5.74, 6) is -0.0398. The lowest BCUT2D eigenvalue weighted by molar-refractivity contribution is -0.138. The van der Waals surface area contributed by atoms with Crippen LogP contribution in [0.5, 0.6) is 0 Å². The van der Waals surface area contributed by atoms with E-state index < -0.39 is 17.8 Å². The topological polar surface area (TPSA) is 12.0 Å². The van der Waals surface area contributed by atoms with Gasteiger partial charge in [0.2, 0.25) is 0 Å². The van der Waals surface area contributed by atoms with E-state index in [-0.39, 0.29) is 17.4 Å². The molecule has 2 aromatic rings. The minimum atomic E-state index is -4.40. The van der Waals surface area contributed by atoms with E-state index in [4.69, 9.17) is 23.2 Å². The molecule has 0 saturated carbocycles. The Hall–Kier alpha value is -1.65. The van der Waals surface area contributed by atoms with Gasteiger partial charge in [0.1, 0.15) is 0 Å². The van der Waals surface area contributed by atoms with Crippen LogP contribution in [-0.2, 0) is 6.18 Å². The zero-order valence-electron chi connectivity index (χ0n) is 12.9. The predicted octanol–water partition coefficient (Wildman–Crippen LogP) is 6.84. The first kappa shape index (κ1) is 16.8. The molecule has 1 N–H and O–H groups in total. The van der Waals surface area contributed by atoms with Crippen molar-refractivity contribution in [3.63, 3.8) is 0 Å². The van der Waals surface area contributed by atoms with Crippen molar-refractivity contribution < 1.29 is 13.2 Å². The van der Waals surface area contributed by atoms with Gasteiger partial charge in [0.25, 0.3) is 0 Å². The fourth-order valence-corrected chi connectivity index (χ4v) is 4.60. The largest absolute Gasteiger partial charge is 0.416 e. The van der Waals surface area contributed by atoms with Gasteiger partial charge in [-0.25, -0.2) is 0 Å². The molecule has 2 aromatic carbocycles. The zero-order chi connectivity index (χ0) is 17.8. The molecule has 6 heteroatoms. The third-order valence-corrected chi connectivity index (χ3v) is 5.51.